The highest BCUT2D eigenvalue weighted by Crippen LogP contribution is 2.21. The molecule has 0 bridgehead atoms. The molecule has 1 atom stereocenters. The van der Waals surface area contributed by atoms with Crippen LogP contribution in [0.5, 0.6) is 0 Å². The number of amides is 2. The van der Waals surface area contributed by atoms with Gasteiger partial charge in [-0.2, -0.15) is 0 Å². The van der Waals surface area contributed by atoms with Crippen LogP contribution in [-0.4, -0.2) is 23.6 Å². The summed E-state index contributed by atoms with van der Waals surface area (Å²) in [6.45, 7) is 5.04. The van der Waals surface area contributed by atoms with Crippen molar-refractivity contribution in [2.45, 2.75) is 46.2 Å². The summed E-state index contributed by atoms with van der Waals surface area (Å²) in [5, 5.41) is 2.65. The van der Waals surface area contributed by atoms with Crippen molar-refractivity contribution < 1.29 is 14.4 Å². The quantitative estimate of drug-likeness (QED) is 0.653. The van der Waals surface area contributed by atoms with E-state index in [1.54, 1.807) is 13.8 Å². The minimum absolute atomic E-state index is 0.0197. The molecule has 0 unspecified atom stereocenters. The number of rotatable bonds is 8. The van der Waals surface area contributed by atoms with Gasteiger partial charge in [0.15, 0.2) is 5.78 Å². The number of nitrogens with one attached hydrogen (secondary N) is 1. The van der Waals surface area contributed by atoms with Gasteiger partial charge in [0, 0.05) is 19.9 Å². The van der Waals surface area contributed by atoms with Gasteiger partial charge in [-0.25, -0.2) is 0 Å². The highest BCUT2D eigenvalue weighted by atomic mass is 16.2. The molecule has 0 aliphatic rings. The molecular formula is C17H25N3O3. The third-order valence-electron chi connectivity index (χ3n) is 3.75. The molecule has 0 saturated heterocycles. The van der Waals surface area contributed by atoms with Crippen LogP contribution >= 0.6 is 0 Å². The lowest BCUT2D eigenvalue weighted by Gasteiger charge is -2.23. The number of primary amides is 1. The second-order valence-corrected chi connectivity index (χ2v) is 6.37. The number of benzene rings is 1. The molecule has 5 N–H and O–H groups in total. The molecule has 0 aliphatic heterocycles. The van der Waals surface area contributed by atoms with Gasteiger partial charge in [-0.1, -0.05) is 38.1 Å². The minimum atomic E-state index is -0.947. The van der Waals surface area contributed by atoms with Crippen molar-refractivity contribution in [2.75, 3.05) is 0 Å². The predicted octanol–water partition coefficient (Wildman–Crippen LogP) is 0.663. The van der Waals surface area contributed by atoms with Gasteiger partial charge in [-0.05, 0) is 17.5 Å². The maximum absolute atomic E-state index is 12.5. The Balaban J connectivity index is 2.88. The van der Waals surface area contributed by atoms with Gasteiger partial charge in [0.05, 0.1) is 11.5 Å². The molecule has 1 aromatic carbocycles. The highest BCUT2D eigenvalue weighted by molar-refractivity contribution is 5.93. The third kappa shape index (κ3) is 5.83. The van der Waals surface area contributed by atoms with Crippen molar-refractivity contribution in [2.24, 2.45) is 16.9 Å². The molecule has 0 heterocycles. The zero-order valence-corrected chi connectivity index (χ0v) is 13.9. The number of hydrogen-bond acceptors (Lipinski definition) is 4. The van der Waals surface area contributed by atoms with Crippen LogP contribution in [0.3, 0.4) is 0 Å². The zero-order valence-electron chi connectivity index (χ0n) is 13.9. The van der Waals surface area contributed by atoms with Crippen LogP contribution in [0.4, 0.5) is 0 Å². The number of Topliss-reactive ketones (excluding diaryl/α,β-unsaturated/α-hetero) is 1. The van der Waals surface area contributed by atoms with E-state index in [0.29, 0.717) is 13.0 Å². The van der Waals surface area contributed by atoms with Crippen molar-refractivity contribution in [3.8, 4) is 0 Å². The number of ketones is 1. The summed E-state index contributed by atoms with van der Waals surface area (Å²) in [5.74, 6) is -1.05. The van der Waals surface area contributed by atoms with Crippen molar-refractivity contribution in [1.29, 1.82) is 0 Å². The summed E-state index contributed by atoms with van der Waals surface area (Å²) >= 11 is 0. The van der Waals surface area contributed by atoms with E-state index in [0.717, 1.165) is 11.1 Å². The fourth-order valence-corrected chi connectivity index (χ4v) is 2.18. The Morgan fingerprint density at radius 2 is 1.65 bits per heavy atom. The third-order valence-corrected chi connectivity index (χ3v) is 3.75. The van der Waals surface area contributed by atoms with Crippen LogP contribution in [0.2, 0.25) is 0 Å². The molecule has 1 aromatic rings. The van der Waals surface area contributed by atoms with Gasteiger partial charge in [-0.15, -0.1) is 0 Å². The summed E-state index contributed by atoms with van der Waals surface area (Å²) in [4.78, 5) is 35.3. The highest BCUT2D eigenvalue weighted by Gasteiger charge is 2.31. The monoisotopic (exact) mass is 319 g/mol. The summed E-state index contributed by atoms with van der Waals surface area (Å²) < 4.78 is 0. The first-order chi connectivity index (χ1) is 10.7. The molecule has 0 aliphatic carbocycles. The van der Waals surface area contributed by atoms with E-state index in [9.17, 15) is 14.4 Å². The summed E-state index contributed by atoms with van der Waals surface area (Å²) in [6, 6.07) is 6.85. The Morgan fingerprint density at radius 1 is 1.13 bits per heavy atom. The number of hydrogen-bond donors (Lipinski definition) is 3. The molecule has 2 amide bonds. The smallest absolute Gasteiger partial charge is 0.223 e. The van der Waals surface area contributed by atoms with Crippen molar-refractivity contribution in [3.63, 3.8) is 0 Å². The molecule has 0 saturated carbocycles. The lowest BCUT2D eigenvalue weighted by atomic mass is 9.84. The lowest BCUT2D eigenvalue weighted by Crippen LogP contribution is -2.44. The van der Waals surface area contributed by atoms with E-state index in [2.05, 4.69) is 5.32 Å². The summed E-state index contributed by atoms with van der Waals surface area (Å²) in [7, 11) is 0. The summed E-state index contributed by atoms with van der Waals surface area (Å²) in [6.07, 6.45) is 0.340. The lowest BCUT2D eigenvalue weighted by molar-refractivity contribution is -0.133. The van der Waals surface area contributed by atoms with Crippen LogP contribution in [0.1, 0.15) is 38.3 Å². The Morgan fingerprint density at radius 3 is 2.09 bits per heavy atom. The van der Waals surface area contributed by atoms with Crippen molar-refractivity contribution >= 4 is 17.6 Å². The van der Waals surface area contributed by atoms with Crippen LogP contribution in [-0.2, 0) is 27.3 Å². The molecule has 0 aromatic heterocycles. The van der Waals surface area contributed by atoms with Crippen LogP contribution in [0, 0.1) is 5.41 Å². The fourth-order valence-electron chi connectivity index (χ4n) is 2.18. The van der Waals surface area contributed by atoms with E-state index in [4.69, 9.17) is 11.5 Å². The molecule has 126 valence electrons. The van der Waals surface area contributed by atoms with Crippen LogP contribution < -0.4 is 16.8 Å². The minimum Gasteiger partial charge on any atom is -0.369 e. The Bertz CT molecular complexity index is 579. The van der Waals surface area contributed by atoms with E-state index in [1.807, 2.05) is 24.3 Å². The molecule has 0 spiro atoms. The van der Waals surface area contributed by atoms with Gasteiger partial charge in [0.25, 0.3) is 0 Å². The average molecular weight is 319 g/mol. The van der Waals surface area contributed by atoms with Crippen molar-refractivity contribution in [1.82, 2.24) is 5.32 Å². The Labute approximate surface area is 136 Å². The van der Waals surface area contributed by atoms with Gasteiger partial charge < -0.3 is 16.8 Å². The Kier molecular flexibility index (Phi) is 6.45. The number of carbonyl (C=O) groups excluding carboxylic acids is 3. The number of carbonyl (C=O) groups is 3. The second kappa shape index (κ2) is 7.87. The fraction of sp³-hybridized carbons (Fsp3) is 0.471. The molecule has 23 heavy (non-hydrogen) atoms. The molecule has 0 radical (unpaired) electrons. The molecule has 6 nitrogen and oxygen atoms in total. The standard InChI is InChI=1S/C17H25N3O3/c1-11(21)20-14(15(22)9-17(2,3)16(19)23)8-12-4-6-13(10-18)7-5-12/h4-7,14H,8-10,18H2,1-3H3,(H2,19,23)(H,20,21)/t14-/m0/s1. The van der Waals surface area contributed by atoms with Gasteiger partial charge >= 0.3 is 0 Å². The topological polar surface area (TPSA) is 115 Å². The average Bonchev–Trinajstić information content (AvgIpc) is 2.46. The first-order valence-electron chi connectivity index (χ1n) is 7.53. The first-order valence-corrected chi connectivity index (χ1v) is 7.53. The van der Waals surface area contributed by atoms with E-state index in [-0.39, 0.29) is 18.1 Å². The van der Waals surface area contributed by atoms with Crippen LogP contribution in [0.15, 0.2) is 24.3 Å². The normalized spacial score (nSPS) is 12.5. The Hall–Kier alpha value is -2.21. The van der Waals surface area contributed by atoms with Gasteiger partial charge in [-0.3, -0.25) is 14.4 Å². The van der Waals surface area contributed by atoms with E-state index < -0.39 is 17.4 Å². The predicted molar refractivity (Wildman–Crippen MR) is 88.2 cm³/mol. The molecule has 0 fully saturated rings. The van der Waals surface area contributed by atoms with Gasteiger partial charge in [0.1, 0.15) is 0 Å². The summed E-state index contributed by atoms with van der Waals surface area (Å²) in [5.41, 5.74) is 11.8. The van der Waals surface area contributed by atoms with E-state index in [1.165, 1.54) is 6.92 Å². The van der Waals surface area contributed by atoms with Crippen LogP contribution in [0.25, 0.3) is 0 Å². The molecular weight excluding hydrogens is 294 g/mol. The molecule has 1 rings (SSSR count). The maximum atomic E-state index is 12.5. The maximum Gasteiger partial charge on any atom is 0.223 e. The number of nitrogens with two attached hydrogens (primary N) is 2. The van der Waals surface area contributed by atoms with Gasteiger partial charge in [0.2, 0.25) is 11.8 Å². The second-order valence-electron chi connectivity index (χ2n) is 6.37. The van der Waals surface area contributed by atoms with Crippen molar-refractivity contribution in [3.05, 3.63) is 35.4 Å². The molecule has 6 heteroatoms. The first kappa shape index (κ1) is 18.8. The largest absolute Gasteiger partial charge is 0.369 e. The van der Waals surface area contributed by atoms with E-state index >= 15 is 0 Å². The zero-order chi connectivity index (χ0) is 17.6. The SMILES string of the molecule is CC(=O)N[C@@H](Cc1ccc(CN)cc1)C(=O)CC(C)(C)C(N)=O.